The van der Waals surface area contributed by atoms with Gasteiger partial charge in [-0.05, 0) is 35.3 Å². The number of hydrogen-bond acceptors (Lipinski definition) is 3. The summed E-state index contributed by atoms with van der Waals surface area (Å²) in [6.45, 7) is 4.83. The molecule has 1 unspecified atom stereocenters. The van der Waals surface area contributed by atoms with Gasteiger partial charge in [0.05, 0.1) is 16.9 Å². The fourth-order valence-electron chi connectivity index (χ4n) is 1.78. The van der Waals surface area contributed by atoms with Crippen molar-refractivity contribution in [3.8, 4) is 0 Å². The summed E-state index contributed by atoms with van der Waals surface area (Å²) in [5.74, 6) is 0. The average molecular weight is 350 g/mol. The number of aromatic nitrogens is 2. The van der Waals surface area contributed by atoms with E-state index in [0.717, 1.165) is 27.2 Å². The molecule has 2 aromatic rings. The van der Waals surface area contributed by atoms with Crippen LogP contribution in [-0.2, 0) is 6.54 Å². The molecule has 2 heterocycles. The van der Waals surface area contributed by atoms with Gasteiger partial charge in [-0.1, -0.05) is 18.5 Å². The minimum Gasteiger partial charge on any atom is -0.381 e. The first-order valence-electron chi connectivity index (χ1n) is 5.69. The maximum Gasteiger partial charge on any atom is 0.131 e. The maximum absolute atomic E-state index is 10.5. The minimum absolute atomic E-state index is 0.512. The molecule has 3 nitrogen and oxygen atoms in total. The summed E-state index contributed by atoms with van der Waals surface area (Å²) in [6.07, 6.45) is 1.82. The van der Waals surface area contributed by atoms with Gasteiger partial charge in [0.2, 0.25) is 0 Å². The Labute approximate surface area is 124 Å². The van der Waals surface area contributed by atoms with Gasteiger partial charge in [-0.3, -0.25) is 4.68 Å². The second-order valence-electron chi connectivity index (χ2n) is 4.06. The lowest BCUT2D eigenvalue weighted by atomic mass is 10.2. The third kappa shape index (κ3) is 2.64. The first-order valence-corrected chi connectivity index (χ1v) is 7.68. The van der Waals surface area contributed by atoms with E-state index in [9.17, 15) is 5.11 Å². The van der Waals surface area contributed by atoms with Crippen molar-refractivity contribution in [3.05, 3.63) is 37.2 Å². The van der Waals surface area contributed by atoms with E-state index < -0.39 is 6.10 Å². The molecule has 6 heteroatoms. The minimum atomic E-state index is -0.721. The summed E-state index contributed by atoms with van der Waals surface area (Å²) in [5.41, 5.74) is 0.673. The number of aryl methyl sites for hydroxylation is 2. The van der Waals surface area contributed by atoms with E-state index in [-0.39, 0.29) is 0 Å². The second-order valence-corrected chi connectivity index (χ2v) is 6.61. The molecule has 0 aliphatic carbocycles. The van der Waals surface area contributed by atoms with Gasteiger partial charge < -0.3 is 5.11 Å². The molecule has 2 aromatic heterocycles. The number of aliphatic hydroxyl groups excluding tert-OH is 1. The Hall–Kier alpha value is -0.360. The molecular weight excluding hydrogens is 336 g/mol. The highest BCUT2D eigenvalue weighted by Crippen LogP contribution is 2.35. The lowest BCUT2D eigenvalue weighted by molar-refractivity contribution is 0.211. The zero-order valence-corrected chi connectivity index (χ0v) is 13.3. The first kappa shape index (κ1) is 14.1. The molecule has 0 amide bonds. The number of rotatable bonds is 4. The van der Waals surface area contributed by atoms with E-state index in [0.29, 0.717) is 10.7 Å². The Morgan fingerprint density at radius 1 is 1.61 bits per heavy atom. The Morgan fingerprint density at radius 3 is 2.89 bits per heavy atom. The van der Waals surface area contributed by atoms with E-state index in [2.05, 4.69) is 28.0 Å². The summed E-state index contributed by atoms with van der Waals surface area (Å²) in [7, 11) is 0. The molecule has 0 aromatic carbocycles. The Bertz CT molecular complexity index is 533. The molecule has 0 spiro atoms. The quantitative estimate of drug-likeness (QED) is 0.900. The van der Waals surface area contributed by atoms with Gasteiger partial charge in [0.15, 0.2) is 0 Å². The van der Waals surface area contributed by atoms with Crippen LogP contribution in [0.1, 0.15) is 34.9 Å². The monoisotopic (exact) mass is 348 g/mol. The summed E-state index contributed by atoms with van der Waals surface area (Å²) in [6, 6.07) is 1.93. The Kier molecular flexibility index (Phi) is 4.48. The van der Waals surface area contributed by atoms with Crippen molar-refractivity contribution in [2.24, 2.45) is 0 Å². The fraction of sp³-hybridized carbons (Fsp3) is 0.417. The van der Waals surface area contributed by atoms with Gasteiger partial charge in [-0.25, -0.2) is 0 Å². The van der Waals surface area contributed by atoms with Gasteiger partial charge >= 0.3 is 0 Å². The molecule has 0 aliphatic rings. The van der Waals surface area contributed by atoms with Gasteiger partial charge in [0.1, 0.15) is 6.10 Å². The van der Waals surface area contributed by atoms with Crippen LogP contribution in [0.2, 0.25) is 5.02 Å². The van der Waals surface area contributed by atoms with Crippen molar-refractivity contribution in [1.29, 1.82) is 0 Å². The van der Waals surface area contributed by atoms with E-state index in [1.807, 2.05) is 13.0 Å². The van der Waals surface area contributed by atoms with Crippen LogP contribution >= 0.6 is 38.9 Å². The molecular formula is C12H14BrClN2OS. The standard InChI is InChI=1S/C12H14BrClN2OS/c1-3-4-16-11(9(14)6-15-16)12(17)10-5-8(13)7(2)18-10/h5-6,12,17H,3-4H2,1-2H3. The fourth-order valence-corrected chi connectivity index (χ4v) is 3.58. The Balaban J connectivity index is 2.38. The highest BCUT2D eigenvalue weighted by molar-refractivity contribution is 9.10. The van der Waals surface area contributed by atoms with Crippen LogP contribution in [0.3, 0.4) is 0 Å². The zero-order chi connectivity index (χ0) is 13.3. The van der Waals surface area contributed by atoms with Crippen LogP contribution < -0.4 is 0 Å². The molecule has 0 bridgehead atoms. The molecule has 2 rings (SSSR count). The molecule has 0 saturated carbocycles. The third-order valence-electron chi connectivity index (χ3n) is 2.67. The number of halogens is 2. The predicted octanol–water partition coefficient (Wildman–Crippen LogP) is 4.16. The smallest absolute Gasteiger partial charge is 0.131 e. The SMILES string of the molecule is CCCn1ncc(Cl)c1C(O)c1cc(Br)c(C)s1. The molecule has 0 radical (unpaired) electrons. The van der Waals surface area contributed by atoms with Crippen LogP contribution in [0, 0.1) is 6.92 Å². The van der Waals surface area contributed by atoms with Crippen molar-refractivity contribution >= 4 is 38.9 Å². The maximum atomic E-state index is 10.5. The molecule has 1 N–H and O–H groups in total. The van der Waals surface area contributed by atoms with Crippen molar-refractivity contribution in [2.45, 2.75) is 32.9 Å². The Morgan fingerprint density at radius 2 is 2.33 bits per heavy atom. The van der Waals surface area contributed by atoms with Crippen molar-refractivity contribution in [1.82, 2.24) is 9.78 Å². The van der Waals surface area contributed by atoms with Crippen LogP contribution in [0.5, 0.6) is 0 Å². The van der Waals surface area contributed by atoms with Gasteiger partial charge in [-0.2, -0.15) is 5.10 Å². The van der Waals surface area contributed by atoms with E-state index in [1.54, 1.807) is 22.2 Å². The van der Waals surface area contributed by atoms with Gasteiger partial charge in [0, 0.05) is 20.8 Å². The first-order chi connectivity index (χ1) is 8.54. The van der Waals surface area contributed by atoms with Crippen LogP contribution in [0.15, 0.2) is 16.7 Å². The lowest BCUT2D eigenvalue weighted by Crippen LogP contribution is -2.09. The summed E-state index contributed by atoms with van der Waals surface area (Å²) in [4.78, 5) is 2.01. The summed E-state index contributed by atoms with van der Waals surface area (Å²) >= 11 is 11.1. The largest absolute Gasteiger partial charge is 0.381 e. The van der Waals surface area contributed by atoms with Crippen LogP contribution in [0.4, 0.5) is 0 Å². The topological polar surface area (TPSA) is 38.0 Å². The lowest BCUT2D eigenvalue weighted by Gasteiger charge is -2.12. The average Bonchev–Trinajstić information content (AvgIpc) is 2.84. The number of thiophene rings is 1. The molecule has 0 saturated heterocycles. The number of hydrogen-bond donors (Lipinski definition) is 1. The second kappa shape index (κ2) is 5.74. The third-order valence-corrected chi connectivity index (χ3v) is 5.15. The predicted molar refractivity (Wildman–Crippen MR) is 78.3 cm³/mol. The zero-order valence-electron chi connectivity index (χ0n) is 10.2. The van der Waals surface area contributed by atoms with E-state index >= 15 is 0 Å². The summed E-state index contributed by atoms with van der Waals surface area (Å²) < 4.78 is 2.79. The van der Waals surface area contributed by atoms with Crippen molar-refractivity contribution < 1.29 is 5.11 Å². The molecule has 0 aliphatic heterocycles. The number of aliphatic hydroxyl groups is 1. The van der Waals surface area contributed by atoms with E-state index in [4.69, 9.17) is 11.6 Å². The van der Waals surface area contributed by atoms with Crippen LogP contribution in [-0.4, -0.2) is 14.9 Å². The van der Waals surface area contributed by atoms with E-state index in [1.165, 1.54) is 0 Å². The molecule has 1 atom stereocenters. The highest BCUT2D eigenvalue weighted by Gasteiger charge is 2.21. The van der Waals surface area contributed by atoms with Crippen molar-refractivity contribution in [2.75, 3.05) is 0 Å². The molecule has 98 valence electrons. The highest BCUT2D eigenvalue weighted by atomic mass is 79.9. The van der Waals surface area contributed by atoms with Gasteiger partial charge in [-0.15, -0.1) is 11.3 Å². The normalized spacial score (nSPS) is 12.9. The van der Waals surface area contributed by atoms with Crippen LogP contribution in [0.25, 0.3) is 0 Å². The summed E-state index contributed by atoms with van der Waals surface area (Å²) in [5, 5.41) is 15.2. The molecule has 18 heavy (non-hydrogen) atoms. The number of nitrogens with zero attached hydrogens (tertiary/aromatic N) is 2. The molecule has 0 fully saturated rings. The van der Waals surface area contributed by atoms with Gasteiger partial charge in [0.25, 0.3) is 0 Å². The van der Waals surface area contributed by atoms with Crippen molar-refractivity contribution in [3.63, 3.8) is 0 Å².